The van der Waals surface area contributed by atoms with Crippen LogP contribution in [0.15, 0.2) is 103 Å². The maximum absolute atomic E-state index is 7.12. The Hall–Kier alpha value is -2.90. The molecule has 0 amide bonds. The van der Waals surface area contributed by atoms with Crippen molar-refractivity contribution >= 4 is 59.2 Å². The number of fused-ring (bicyclic) bond motifs is 4. The zero-order valence-electron chi connectivity index (χ0n) is 32.0. The Balaban J connectivity index is 0.00000249. The average molecular weight is 865 g/mol. The van der Waals surface area contributed by atoms with Crippen LogP contribution in [0.5, 0.6) is 0 Å². The van der Waals surface area contributed by atoms with Gasteiger partial charge in [-0.05, 0) is 0 Å². The second-order valence-corrected chi connectivity index (χ2v) is 18.7. The topological polar surface area (TPSA) is 0 Å². The molecule has 5 heteroatoms. The van der Waals surface area contributed by atoms with Crippen LogP contribution in [-0.2, 0) is 35.5 Å². The molecule has 2 aliphatic carbocycles. The van der Waals surface area contributed by atoms with Crippen LogP contribution in [0.3, 0.4) is 0 Å². The molecule has 0 fully saturated rings. The molecule has 0 nitrogen and oxygen atoms in total. The van der Waals surface area contributed by atoms with Gasteiger partial charge >= 0.3 is 335 Å². The number of benzene rings is 6. The summed E-state index contributed by atoms with van der Waals surface area (Å²) in [7, 11) is 0. The van der Waals surface area contributed by atoms with Gasteiger partial charge in [-0.3, -0.25) is 0 Å². The number of halogens is 4. The van der Waals surface area contributed by atoms with Crippen LogP contribution < -0.4 is 35.3 Å². The van der Waals surface area contributed by atoms with Gasteiger partial charge in [0.2, 0.25) is 0 Å². The van der Waals surface area contributed by atoms with Crippen LogP contribution in [0.2, 0.25) is 10.0 Å². The summed E-state index contributed by atoms with van der Waals surface area (Å²) in [4.78, 5) is 0. The molecule has 6 aromatic carbocycles. The second kappa shape index (κ2) is 14.9. The summed E-state index contributed by atoms with van der Waals surface area (Å²) in [6.07, 6.45) is 7.81. The Kier molecular flexibility index (Phi) is 11.2. The van der Waals surface area contributed by atoms with E-state index in [4.69, 9.17) is 23.2 Å². The van der Waals surface area contributed by atoms with Gasteiger partial charge < -0.3 is 24.8 Å². The fourth-order valence-corrected chi connectivity index (χ4v) is 10.6. The van der Waals surface area contributed by atoms with E-state index in [0.29, 0.717) is 0 Å². The summed E-state index contributed by atoms with van der Waals surface area (Å²) < 4.78 is 1.43. The van der Waals surface area contributed by atoms with Crippen molar-refractivity contribution < 1.29 is 49.5 Å². The summed E-state index contributed by atoms with van der Waals surface area (Å²) in [5, 5.41) is 11.4. The predicted octanol–water partition coefficient (Wildman–Crippen LogP) is 6.41. The summed E-state index contributed by atoms with van der Waals surface area (Å²) >= 11 is 15.7. The average Bonchev–Trinajstić information content (AvgIpc) is 3.70. The fourth-order valence-electron chi connectivity index (χ4n) is 9.06. The van der Waals surface area contributed by atoms with Crippen molar-refractivity contribution in [2.75, 3.05) is 0 Å². The van der Waals surface area contributed by atoms with E-state index in [9.17, 15) is 0 Å². The molecule has 0 atom stereocenters. The molecule has 0 heterocycles. The van der Waals surface area contributed by atoms with Crippen molar-refractivity contribution in [1.29, 1.82) is 0 Å². The van der Waals surface area contributed by atoms with Gasteiger partial charge in [0.05, 0.1) is 0 Å². The Morgan fingerprint density at radius 2 is 1.22 bits per heavy atom. The van der Waals surface area contributed by atoms with E-state index < -0.39 is 0 Å². The van der Waals surface area contributed by atoms with Crippen molar-refractivity contribution in [3.05, 3.63) is 179 Å². The van der Waals surface area contributed by atoms with E-state index in [-0.39, 0.29) is 35.6 Å². The van der Waals surface area contributed by atoms with Crippen molar-refractivity contribution in [3.63, 3.8) is 0 Å². The number of hydrogen-bond acceptors (Lipinski definition) is 0. The van der Waals surface area contributed by atoms with Gasteiger partial charge in [-0.25, -0.2) is 0 Å². The third-order valence-electron chi connectivity index (χ3n) is 11.0. The SMILES string of the molecule is Cc1cc2c(cc1C(C)(C)C)=c1c(c(C3=CC=CC3)c(C)c(C(C)(C)C)c1=C(c1cc(Cl)cc3ccccc13)c1cc(Cl)cc3ccccc13)[C]=2[Zr+2].[Cl-].[Cl-]. The van der Waals surface area contributed by atoms with Crippen molar-refractivity contribution in [2.24, 2.45) is 0 Å². The molecule has 0 N–H and O–H groups in total. The van der Waals surface area contributed by atoms with Crippen molar-refractivity contribution in [2.45, 2.75) is 72.6 Å². The number of aryl methyl sites for hydroxylation is 1. The van der Waals surface area contributed by atoms with E-state index in [0.717, 1.165) is 38.4 Å². The molecule has 0 spiro atoms. The van der Waals surface area contributed by atoms with E-state index >= 15 is 0 Å². The minimum absolute atomic E-state index is 0. The minimum Gasteiger partial charge on any atom is -1.00 e. The van der Waals surface area contributed by atoms with E-state index in [1.54, 1.807) is 0 Å². The molecule has 2 aliphatic rings. The number of hydrogen-bond donors (Lipinski definition) is 0. The first-order valence-corrected chi connectivity index (χ1v) is 20.2. The van der Waals surface area contributed by atoms with Crippen LogP contribution in [0, 0.1) is 24.3 Å². The van der Waals surface area contributed by atoms with Gasteiger partial charge in [-0.1, -0.05) is 0 Å². The Morgan fingerprint density at radius 3 is 1.72 bits per heavy atom. The second-order valence-electron chi connectivity index (χ2n) is 16.6. The zero-order valence-corrected chi connectivity index (χ0v) is 37.5. The summed E-state index contributed by atoms with van der Waals surface area (Å²) in [5.74, 6) is 0. The van der Waals surface area contributed by atoms with Crippen LogP contribution in [0.1, 0.15) is 92.5 Å². The van der Waals surface area contributed by atoms with Crippen LogP contribution in [0.4, 0.5) is 0 Å². The third kappa shape index (κ3) is 6.71. The first kappa shape index (κ1) is 40.8. The molecule has 0 saturated heterocycles. The molecule has 0 aromatic heterocycles. The smallest absolute Gasteiger partial charge is 1.00 e. The molecular weight excluding hydrogens is 822 g/mol. The van der Waals surface area contributed by atoms with Crippen molar-refractivity contribution in [1.82, 2.24) is 0 Å². The molecule has 0 unspecified atom stereocenters. The van der Waals surface area contributed by atoms with Gasteiger partial charge in [-0.2, -0.15) is 0 Å². The third-order valence-corrected chi connectivity index (χ3v) is 12.7. The molecule has 8 rings (SSSR count). The standard InChI is InChI=1S/C49H43Cl2.2ClH.Zr/c1-28-21-33-24-41-43(30-15-9-10-16-30)29(2)47(49(6,7)8)46(44(41)38(33)27-42(28)48(3,4)5)45(39-25-34(50)22-31-17-11-13-19-36(31)39)40-26-35(51)23-32-18-12-14-20-37(32)40;;;/h9-15,17-23,25-27H,16H2,1-8H3;2*1H;/q;;;+2/p-2. The van der Waals surface area contributed by atoms with Gasteiger partial charge in [0, 0.05) is 0 Å². The van der Waals surface area contributed by atoms with E-state index in [1.165, 1.54) is 104 Å². The predicted molar refractivity (Wildman–Crippen MR) is 220 cm³/mol. The summed E-state index contributed by atoms with van der Waals surface area (Å²) in [6.45, 7) is 18.8. The largest absolute Gasteiger partial charge is 1.00 e. The molecule has 0 radical (unpaired) electrons. The van der Waals surface area contributed by atoms with Crippen LogP contribution >= 0.6 is 23.2 Å². The maximum atomic E-state index is 7.12. The minimum atomic E-state index is -0.203. The van der Waals surface area contributed by atoms with Gasteiger partial charge in [0.1, 0.15) is 0 Å². The molecular formula is C49H43Cl4Zr. The van der Waals surface area contributed by atoms with Gasteiger partial charge in [0.15, 0.2) is 0 Å². The maximum Gasteiger partial charge on any atom is -1.00 e. The Morgan fingerprint density at radius 1 is 0.667 bits per heavy atom. The summed E-state index contributed by atoms with van der Waals surface area (Å²) in [6, 6.07) is 30.9. The number of rotatable bonds is 3. The monoisotopic (exact) mass is 861 g/mol. The number of allylic oxidation sites excluding steroid dienone is 4. The van der Waals surface area contributed by atoms with E-state index in [1.807, 2.05) is 0 Å². The molecule has 0 bridgehead atoms. The fraction of sp³-hybridized carbons (Fsp3) is 0.224. The van der Waals surface area contributed by atoms with Crippen LogP contribution in [0.25, 0.3) is 36.0 Å². The molecule has 271 valence electrons. The molecule has 54 heavy (non-hydrogen) atoms. The zero-order chi connectivity index (χ0) is 36.9. The van der Waals surface area contributed by atoms with Gasteiger partial charge in [-0.15, -0.1) is 0 Å². The Bertz CT molecular complexity index is 2740. The van der Waals surface area contributed by atoms with Crippen molar-refractivity contribution in [3.8, 4) is 0 Å². The Labute approximate surface area is 357 Å². The molecule has 0 saturated carbocycles. The quantitative estimate of drug-likeness (QED) is 0.193. The van der Waals surface area contributed by atoms with Gasteiger partial charge in [0.25, 0.3) is 0 Å². The molecule has 0 aliphatic heterocycles. The first-order chi connectivity index (χ1) is 24.6. The normalized spacial score (nSPS) is 13.5. The van der Waals surface area contributed by atoms with E-state index in [2.05, 4.69) is 159 Å². The van der Waals surface area contributed by atoms with Crippen LogP contribution in [-0.4, -0.2) is 0 Å². The molecule has 6 aromatic rings. The first-order valence-electron chi connectivity index (χ1n) is 18.2. The summed E-state index contributed by atoms with van der Waals surface area (Å²) in [5.41, 5.74) is 12.9.